The molecule has 2 heterocycles. The van der Waals surface area contributed by atoms with Crippen molar-refractivity contribution in [1.82, 2.24) is 9.97 Å². The lowest BCUT2D eigenvalue weighted by molar-refractivity contribution is 0.930. The van der Waals surface area contributed by atoms with E-state index < -0.39 is 0 Å². The Balaban J connectivity index is 1.55. The number of hydrogen-bond donors (Lipinski definition) is 0. The highest BCUT2D eigenvalue weighted by molar-refractivity contribution is 6.05. The second-order valence-corrected chi connectivity index (χ2v) is 8.23. The molecule has 0 saturated carbocycles. The van der Waals surface area contributed by atoms with Gasteiger partial charge in [0, 0.05) is 17.0 Å². The summed E-state index contributed by atoms with van der Waals surface area (Å²) in [4.78, 5) is 9.50. The molecule has 4 aromatic rings. The molecule has 2 heteroatoms. The van der Waals surface area contributed by atoms with E-state index in [0.29, 0.717) is 0 Å². The van der Waals surface area contributed by atoms with Gasteiger partial charge in [0.25, 0.3) is 0 Å². The fraction of sp³-hybridized carbons (Fsp3) is 0.259. The Bertz CT molecular complexity index is 1190. The summed E-state index contributed by atoms with van der Waals surface area (Å²) in [6.07, 6.45) is 6.16. The van der Waals surface area contributed by atoms with Crippen molar-refractivity contribution in [2.24, 2.45) is 0 Å². The summed E-state index contributed by atoms with van der Waals surface area (Å²) in [6.45, 7) is 10.2. The lowest BCUT2D eigenvalue weighted by Gasteiger charge is -2.09. The van der Waals surface area contributed by atoms with Crippen molar-refractivity contribution >= 4 is 21.8 Å². The molecule has 0 radical (unpaired) electrons. The maximum absolute atomic E-state index is 4.75. The van der Waals surface area contributed by atoms with Crippen LogP contribution in [0.1, 0.15) is 41.3 Å². The average molecular weight is 381 g/mol. The van der Waals surface area contributed by atoms with Crippen molar-refractivity contribution in [2.75, 3.05) is 0 Å². The Morgan fingerprint density at radius 3 is 2.24 bits per heavy atom. The third-order valence-corrected chi connectivity index (χ3v) is 5.58. The number of aryl methyl sites for hydroxylation is 5. The summed E-state index contributed by atoms with van der Waals surface area (Å²) in [5, 5.41) is 2.40. The predicted octanol–water partition coefficient (Wildman–Crippen LogP) is 6.69. The molecule has 0 aliphatic heterocycles. The Morgan fingerprint density at radius 2 is 1.52 bits per heavy atom. The summed E-state index contributed by atoms with van der Waals surface area (Å²) in [6, 6.07) is 17.8. The fourth-order valence-electron chi connectivity index (χ4n) is 3.85. The molecule has 146 valence electrons. The largest absolute Gasteiger partial charge is 0.254 e. The van der Waals surface area contributed by atoms with Crippen LogP contribution in [0.2, 0.25) is 0 Å². The van der Waals surface area contributed by atoms with Gasteiger partial charge in [-0.25, -0.2) is 0 Å². The second kappa shape index (κ2) is 8.16. The average Bonchev–Trinajstić information content (AvgIpc) is 2.71. The third-order valence-electron chi connectivity index (χ3n) is 5.58. The third kappa shape index (κ3) is 4.37. The molecule has 0 fully saturated rings. The number of aromatic nitrogens is 2. The second-order valence-electron chi connectivity index (χ2n) is 8.23. The van der Waals surface area contributed by atoms with Crippen LogP contribution >= 0.6 is 0 Å². The molecule has 0 amide bonds. The molecule has 2 aromatic heterocycles. The minimum Gasteiger partial charge on any atom is -0.254 e. The molecule has 4 rings (SSSR count). The first-order valence-corrected chi connectivity index (χ1v) is 10.4. The molecule has 0 N–H and O–H groups in total. The lowest BCUT2D eigenvalue weighted by atomic mass is 10.00. The number of rotatable bonds is 6. The number of allylic oxidation sites excluding steroid dienone is 1. The summed E-state index contributed by atoms with van der Waals surface area (Å²) in [5.74, 6) is 0. The molecule has 0 aliphatic carbocycles. The summed E-state index contributed by atoms with van der Waals surface area (Å²) in [5.41, 5.74) is 9.56. The first-order chi connectivity index (χ1) is 14.0. The van der Waals surface area contributed by atoms with Crippen molar-refractivity contribution in [3.63, 3.8) is 0 Å². The van der Waals surface area contributed by atoms with E-state index in [1.807, 2.05) is 13.1 Å². The van der Waals surface area contributed by atoms with Gasteiger partial charge in [-0.1, -0.05) is 42.0 Å². The van der Waals surface area contributed by atoms with Crippen LogP contribution in [0, 0.1) is 13.8 Å². The van der Waals surface area contributed by atoms with Gasteiger partial charge >= 0.3 is 0 Å². The van der Waals surface area contributed by atoms with Crippen LogP contribution in [0.3, 0.4) is 0 Å². The van der Waals surface area contributed by atoms with Crippen LogP contribution in [-0.4, -0.2) is 9.97 Å². The predicted molar refractivity (Wildman–Crippen MR) is 124 cm³/mol. The molecule has 0 aliphatic rings. The van der Waals surface area contributed by atoms with E-state index in [4.69, 9.17) is 9.97 Å². The number of hydrogen-bond acceptors (Lipinski definition) is 2. The minimum absolute atomic E-state index is 0.989. The van der Waals surface area contributed by atoms with Gasteiger partial charge in [0.2, 0.25) is 0 Å². The van der Waals surface area contributed by atoms with Gasteiger partial charge in [-0.15, -0.1) is 6.58 Å². The normalized spacial score (nSPS) is 11.3. The maximum atomic E-state index is 4.75. The molecule has 2 aromatic carbocycles. The summed E-state index contributed by atoms with van der Waals surface area (Å²) in [7, 11) is 0. The highest BCUT2D eigenvalue weighted by atomic mass is 14.8. The van der Waals surface area contributed by atoms with Crippen LogP contribution in [0.25, 0.3) is 21.8 Å². The molecular formula is C27H28N2. The number of pyridine rings is 2. The molecule has 0 bridgehead atoms. The van der Waals surface area contributed by atoms with Gasteiger partial charge in [-0.3, -0.25) is 9.97 Å². The van der Waals surface area contributed by atoms with E-state index in [1.54, 1.807) is 0 Å². The zero-order valence-corrected chi connectivity index (χ0v) is 17.6. The van der Waals surface area contributed by atoms with E-state index in [2.05, 4.69) is 69.0 Å². The van der Waals surface area contributed by atoms with E-state index >= 15 is 0 Å². The zero-order chi connectivity index (χ0) is 20.4. The van der Waals surface area contributed by atoms with Gasteiger partial charge in [-0.05, 0) is 80.8 Å². The molecule has 0 unspecified atom stereocenters. The topological polar surface area (TPSA) is 25.8 Å². The van der Waals surface area contributed by atoms with Crippen LogP contribution in [0.4, 0.5) is 0 Å². The van der Waals surface area contributed by atoms with Crippen LogP contribution in [-0.2, 0) is 19.3 Å². The van der Waals surface area contributed by atoms with Crippen LogP contribution in [0.5, 0.6) is 0 Å². The first kappa shape index (κ1) is 19.3. The molecule has 0 atom stereocenters. The van der Waals surface area contributed by atoms with E-state index in [1.165, 1.54) is 38.6 Å². The van der Waals surface area contributed by atoms with Gasteiger partial charge in [0.1, 0.15) is 0 Å². The van der Waals surface area contributed by atoms with Crippen LogP contribution in [0.15, 0.2) is 66.9 Å². The monoisotopic (exact) mass is 380 g/mol. The molecule has 0 spiro atoms. The lowest BCUT2D eigenvalue weighted by Crippen LogP contribution is -1.96. The Kier molecular flexibility index (Phi) is 5.44. The smallest absolute Gasteiger partial charge is 0.0921 e. The zero-order valence-electron chi connectivity index (χ0n) is 17.6. The van der Waals surface area contributed by atoms with Gasteiger partial charge < -0.3 is 0 Å². The van der Waals surface area contributed by atoms with E-state index in [-0.39, 0.29) is 0 Å². The van der Waals surface area contributed by atoms with Gasteiger partial charge in [0.05, 0.1) is 16.7 Å². The molecule has 2 nitrogen and oxygen atoms in total. The van der Waals surface area contributed by atoms with Crippen molar-refractivity contribution in [1.29, 1.82) is 0 Å². The van der Waals surface area contributed by atoms with Crippen molar-refractivity contribution in [3.05, 3.63) is 94.8 Å². The summed E-state index contributed by atoms with van der Waals surface area (Å²) < 4.78 is 0. The van der Waals surface area contributed by atoms with Crippen molar-refractivity contribution in [3.8, 4) is 0 Å². The highest BCUT2D eigenvalue weighted by Crippen LogP contribution is 2.26. The highest BCUT2D eigenvalue weighted by Gasteiger charge is 2.08. The fourth-order valence-corrected chi connectivity index (χ4v) is 3.85. The molecule has 29 heavy (non-hydrogen) atoms. The number of benzene rings is 2. The van der Waals surface area contributed by atoms with Crippen LogP contribution < -0.4 is 0 Å². The quantitative estimate of drug-likeness (QED) is 0.275. The Morgan fingerprint density at radius 1 is 0.828 bits per heavy atom. The Hall–Kier alpha value is -3.00. The molecule has 0 saturated heterocycles. The minimum atomic E-state index is 0.989. The Labute approximate surface area is 173 Å². The van der Waals surface area contributed by atoms with E-state index in [0.717, 1.165) is 42.4 Å². The van der Waals surface area contributed by atoms with Gasteiger partial charge in [0.15, 0.2) is 0 Å². The SMILES string of the molecule is C=C(C)CCc1ccc(CCc2cnc3c(C)nc4cc(C)ccc4c3c2)cc1. The van der Waals surface area contributed by atoms with Gasteiger partial charge in [-0.2, -0.15) is 0 Å². The number of fused-ring (bicyclic) bond motifs is 3. The standard InChI is InChI=1S/C27H28N2/c1-18(2)5-7-21-8-10-22(11-9-21)12-13-23-16-25-24-14-6-19(3)15-26(24)29-20(4)27(25)28-17-23/h6,8-11,14-17H,1,5,7,12-13H2,2-4H3. The van der Waals surface area contributed by atoms with E-state index in [9.17, 15) is 0 Å². The van der Waals surface area contributed by atoms with Crippen molar-refractivity contribution < 1.29 is 0 Å². The maximum Gasteiger partial charge on any atom is 0.0921 e. The first-order valence-electron chi connectivity index (χ1n) is 10.4. The summed E-state index contributed by atoms with van der Waals surface area (Å²) >= 11 is 0. The number of nitrogens with zero attached hydrogens (tertiary/aromatic N) is 2. The molecular weight excluding hydrogens is 352 g/mol. The van der Waals surface area contributed by atoms with Crippen molar-refractivity contribution in [2.45, 2.75) is 46.5 Å².